The zero-order chi connectivity index (χ0) is 12.3. The van der Waals surface area contributed by atoms with Gasteiger partial charge in [-0.1, -0.05) is 15.9 Å². The molecule has 0 fully saturated rings. The van der Waals surface area contributed by atoms with E-state index >= 15 is 0 Å². The number of rotatable bonds is 3. The third kappa shape index (κ3) is 3.11. The van der Waals surface area contributed by atoms with Crippen LogP contribution in [0.2, 0.25) is 0 Å². The molecule has 0 amide bonds. The normalized spacial score (nSPS) is 12.4. The molecule has 1 heterocycles. The summed E-state index contributed by atoms with van der Waals surface area (Å²) >= 11 is 3.32. The highest BCUT2D eigenvalue weighted by Crippen LogP contribution is 2.21. The number of pyridine rings is 1. The second kappa shape index (κ2) is 5.38. The molecule has 1 aromatic carbocycles. The van der Waals surface area contributed by atoms with Gasteiger partial charge in [0.15, 0.2) is 0 Å². The maximum absolute atomic E-state index is 13.6. The van der Waals surface area contributed by atoms with Gasteiger partial charge in [-0.15, -0.1) is 0 Å². The van der Waals surface area contributed by atoms with Crippen molar-refractivity contribution in [3.8, 4) is 0 Å². The minimum absolute atomic E-state index is 0.221. The summed E-state index contributed by atoms with van der Waals surface area (Å²) in [5, 5.41) is 0. The minimum Gasteiger partial charge on any atom is -0.324 e. The summed E-state index contributed by atoms with van der Waals surface area (Å²) in [6.07, 6.45) is 3.84. The summed E-state index contributed by atoms with van der Waals surface area (Å²) in [6, 6.07) is 8.36. The largest absolute Gasteiger partial charge is 0.324 e. The van der Waals surface area contributed by atoms with E-state index in [1.165, 1.54) is 6.07 Å². The van der Waals surface area contributed by atoms with E-state index in [-0.39, 0.29) is 11.9 Å². The number of hydrogen-bond donors (Lipinski definition) is 1. The van der Waals surface area contributed by atoms with Crippen LogP contribution < -0.4 is 5.73 Å². The van der Waals surface area contributed by atoms with Crippen LogP contribution in [0.15, 0.2) is 47.2 Å². The first kappa shape index (κ1) is 12.2. The molecule has 2 nitrogen and oxygen atoms in total. The molecule has 0 saturated heterocycles. The van der Waals surface area contributed by atoms with Crippen LogP contribution in [0, 0.1) is 5.82 Å². The van der Waals surface area contributed by atoms with Gasteiger partial charge < -0.3 is 5.73 Å². The molecule has 0 aliphatic heterocycles. The fraction of sp³-hybridized carbons (Fsp3) is 0.154. The number of halogens is 2. The lowest BCUT2D eigenvalue weighted by Crippen LogP contribution is -2.14. The van der Waals surface area contributed by atoms with Gasteiger partial charge in [-0.25, -0.2) is 4.39 Å². The molecule has 88 valence electrons. The molecule has 1 atom stereocenters. The molecular formula is C13H12BrFN2. The molecule has 0 saturated carbocycles. The maximum atomic E-state index is 13.6. The molecule has 2 aromatic rings. The van der Waals surface area contributed by atoms with Gasteiger partial charge in [0.05, 0.1) is 0 Å². The van der Waals surface area contributed by atoms with Gasteiger partial charge in [-0.3, -0.25) is 4.98 Å². The standard InChI is InChI=1S/C13H12BrFN2/c14-11-1-2-12(15)10(7-11)8-13(16)9-3-5-17-6-4-9/h1-7,13H,8,16H2. The van der Waals surface area contributed by atoms with Crippen LogP contribution in [0.25, 0.3) is 0 Å². The van der Waals surface area contributed by atoms with Crippen molar-refractivity contribution in [1.29, 1.82) is 0 Å². The number of aromatic nitrogens is 1. The summed E-state index contributed by atoms with van der Waals surface area (Å²) in [4.78, 5) is 3.93. The Kier molecular flexibility index (Phi) is 3.86. The van der Waals surface area contributed by atoms with Crippen LogP contribution >= 0.6 is 15.9 Å². The Morgan fingerprint density at radius 1 is 1.24 bits per heavy atom. The first-order chi connectivity index (χ1) is 8.16. The minimum atomic E-state index is -0.224. The van der Waals surface area contributed by atoms with E-state index in [2.05, 4.69) is 20.9 Å². The van der Waals surface area contributed by atoms with Crippen molar-refractivity contribution in [3.05, 3.63) is 64.1 Å². The van der Waals surface area contributed by atoms with E-state index in [0.717, 1.165) is 10.0 Å². The Bertz CT molecular complexity index is 502. The first-order valence-electron chi connectivity index (χ1n) is 5.26. The van der Waals surface area contributed by atoms with Crippen molar-refractivity contribution in [2.24, 2.45) is 5.73 Å². The molecule has 1 aromatic heterocycles. The molecule has 0 aliphatic rings. The molecule has 0 aliphatic carbocycles. The number of benzene rings is 1. The fourth-order valence-corrected chi connectivity index (χ4v) is 2.07. The van der Waals surface area contributed by atoms with Gasteiger partial charge >= 0.3 is 0 Å². The molecule has 0 bridgehead atoms. The fourth-order valence-electron chi connectivity index (χ4n) is 1.67. The first-order valence-corrected chi connectivity index (χ1v) is 6.05. The zero-order valence-corrected chi connectivity index (χ0v) is 10.7. The van der Waals surface area contributed by atoms with Crippen LogP contribution in [0.3, 0.4) is 0 Å². The Morgan fingerprint density at radius 3 is 2.65 bits per heavy atom. The number of nitrogens with zero attached hydrogens (tertiary/aromatic N) is 1. The van der Waals surface area contributed by atoms with Crippen LogP contribution in [-0.4, -0.2) is 4.98 Å². The van der Waals surface area contributed by atoms with Gasteiger partial charge in [0, 0.05) is 22.9 Å². The van der Waals surface area contributed by atoms with E-state index in [4.69, 9.17) is 5.73 Å². The summed E-state index contributed by atoms with van der Waals surface area (Å²) in [6.45, 7) is 0. The summed E-state index contributed by atoms with van der Waals surface area (Å²) in [7, 11) is 0. The lowest BCUT2D eigenvalue weighted by molar-refractivity contribution is 0.593. The monoisotopic (exact) mass is 294 g/mol. The van der Waals surface area contributed by atoms with E-state index in [1.807, 2.05) is 12.1 Å². The van der Waals surface area contributed by atoms with Crippen LogP contribution in [-0.2, 0) is 6.42 Å². The lowest BCUT2D eigenvalue weighted by atomic mass is 10.0. The summed E-state index contributed by atoms with van der Waals surface area (Å²) in [5.74, 6) is -0.224. The van der Waals surface area contributed by atoms with Crippen molar-refractivity contribution in [3.63, 3.8) is 0 Å². The van der Waals surface area contributed by atoms with Crippen LogP contribution in [0.5, 0.6) is 0 Å². The Balaban J connectivity index is 2.18. The van der Waals surface area contributed by atoms with E-state index in [9.17, 15) is 4.39 Å². The van der Waals surface area contributed by atoms with Crippen molar-refractivity contribution >= 4 is 15.9 Å². The Hall–Kier alpha value is -1.26. The van der Waals surface area contributed by atoms with Gasteiger partial charge in [-0.2, -0.15) is 0 Å². The van der Waals surface area contributed by atoms with Crippen molar-refractivity contribution < 1.29 is 4.39 Å². The summed E-state index contributed by atoms with van der Waals surface area (Å²) < 4.78 is 14.4. The second-order valence-corrected chi connectivity index (χ2v) is 4.74. The SMILES string of the molecule is NC(Cc1cc(Br)ccc1F)c1ccncc1. The molecular weight excluding hydrogens is 283 g/mol. The third-order valence-electron chi connectivity index (χ3n) is 2.58. The van der Waals surface area contributed by atoms with E-state index in [0.29, 0.717) is 12.0 Å². The van der Waals surface area contributed by atoms with Crippen LogP contribution in [0.1, 0.15) is 17.2 Å². The topological polar surface area (TPSA) is 38.9 Å². The second-order valence-electron chi connectivity index (χ2n) is 3.83. The van der Waals surface area contributed by atoms with E-state index in [1.54, 1.807) is 24.5 Å². The summed E-state index contributed by atoms with van der Waals surface area (Å²) in [5.41, 5.74) is 7.61. The molecule has 2 N–H and O–H groups in total. The predicted molar refractivity (Wildman–Crippen MR) is 69.0 cm³/mol. The predicted octanol–water partition coefficient (Wildman–Crippen LogP) is 3.23. The average molecular weight is 295 g/mol. The average Bonchev–Trinajstić information content (AvgIpc) is 2.35. The number of hydrogen-bond acceptors (Lipinski definition) is 2. The Morgan fingerprint density at radius 2 is 1.94 bits per heavy atom. The van der Waals surface area contributed by atoms with Crippen molar-refractivity contribution in [1.82, 2.24) is 4.98 Å². The zero-order valence-electron chi connectivity index (χ0n) is 9.11. The molecule has 1 unspecified atom stereocenters. The quantitative estimate of drug-likeness (QED) is 0.944. The molecule has 17 heavy (non-hydrogen) atoms. The highest BCUT2D eigenvalue weighted by molar-refractivity contribution is 9.10. The smallest absolute Gasteiger partial charge is 0.126 e. The van der Waals surface area contributed by atoms with Gasteiger partial charge in [0.1, 0.15) is 5.82 Å². The third-order valence-corrected chi connectivity index (χ3v) is 3.08. The maximum Gasteiger partial charge on any atom is 0.126 e. The highest BCUT2D eigenvalue weighted by atomic mass is 79.9. The number of nitrogens with two attached hydrogens (primary N) is 1. The Labute approximate surface area is 108 Å². The lowest BCUT2D eigenvalue weighted by Gasteiger charge is -2.12. The highest BCUT2D eigenvalue weighted by Gasteiger charge is 2.10. The van der Waals surface area contributed by atoms with Crippen molar-refractivity contribution in [2.45, 2.75) is 12.5 Å². The molecule has 0 spiro atoms. The van der Waals surface area contributed by atoms with Crippen molar-refractivity contribution in [2.75, 3.05) is 0 Å². The molecule has 0 radical (unpaired) electrons. The van der Waals surface area contributed by atoms with E-state index < -0.39 is 0 Å². The molecule has 4 heteroatoms. The van der Waals surface area contributed by atoms with Gasteiger partial charge in [-0.05, 0) is 47.9 Å². The molecule has 2 rings (SSSR count). The van der Waals surface area contributed by atoms with Gasteiger partial charge in [0.2, 0.25) is 0 Å². The van der Waals surface area contributed by atoms with Gasteiger partial charge in [0.25, 0.3) is 0 Å². The van der Waals surface area contributed by atoms with Crippen LogP contribution in [0.4, 0.5) is 4.39 Å².